The Morgan fingerprint density at radius 3 is 2.56 bits per heavy atom. The number of ether oxygens (including phenoxy) is 2. The number of nitriles is 1. The van der Waals surface area contributed by atoms with E-state index in [1.807, 2.05) is 6.07 Å². The van der Waals surface area contributed by atoms with Crippen LogP contribution in [-0.4, -0.2) is 17.1 Å². The van der Waals surface area contributed by atoms with E-state index in [2.05, 4.69) is 9.97 Å². The molecule has 6 heteroatoms. The molecule has 1 aromatic carbocycles. The Bertz CT molecular complexity index is 590. The summed E-state index contributed by atoms with van der Waals surface area (Å²) >= 11 is 0. The average molecular weight is 242 g/mol. The van der Waals surface area contributed by atoms with Crippen LogP contribution in [0.1, 0.15) is 5.56 Å². The summed E-state index contributed by atoms with van der Waals surface area (Å²) in [7, 11) is 1.46. The summed E-state index contributed by atoms with van der Waals surface area (Å²) in [5, 5.41) is 8.69. The minimum Gasteiger partial charge on any atom is -0.489 e. The van der Waals surface area contributed by atoms with Crippen molar-refractivity contribution in [2.45, 2.75) is 0 Å². The van der Waals surface area contributed by atoms with Crippen LogP contribution in [0.3, 0.4) is 0 Å². The minimum absolute atomic E-state index is 0.205. The van der Waals surface area contributed by atoms with Crippen molar-refractivity contribution in [2.75, 3.05) is 12.8 Å². The fraction of sp³-hybridized carbons (Fsp3) is 0.0833. The van der Waals surface area contributed by atoms with Crippen molar-refractivity contribution in [3.05, 3.63) is 36.2 Å². The Balaban J connectivity index is 2.28. The van der Waals surface area contributed by atoms with Crippen LogP contribution in [0, 0.1) is 11.3 Å². The molecule has 0 aliphatic heterocycles. The smallest absolute Gasteiger partial charge is 0.268 e. The highest BCUT2D eigenvalue weighted by atomic mass is 16.5. The Hall–Kier alpha value is -2.81. The number of benzene rings is 1. The lowest BCUT2D eigenvalue weighted by atomic mass is 10.2. The third-order valence-electron chi connectivity index (χ3n) is 2.20. The fourth-order valence-corrected chi connectivity index (χ4v) is 1.34. The first kappa shape index (κ1) is 11.7. The second kappa shape index (κ2) is 5.01. The predicted molar refractivity (Wildman–Crippen MR) is 64.2 cm³/mol. The summed E-state index contributed by atoms with van der Waals surface area (Å²) in [4.78, 5) is 7.74. The molecule has 18 heavy (non-hydrogen) atoms. The quantitative estimate of drug-likeness (QED) is 0.880. The zero-order valence-electron chi connectivity index (χ0n) is 9.62. The maximum atomic E-state index is 8.69. The highest BCUT2D eigenvalue weighted by Crippen LogP contribution is 2.32. The van der Waals surface area contributed by atoms with Crippen molar-refractivity contribution in [1.82, 2.24) is 9.97 Å². The first-order valence-electron chi connectivity index (χ1n) is 5.07. The Morgan fingerprint density at radius 2 is 1.94 bits per heavy atom. The van der Waals surface area contributed by atoms with Gasteiger partial charge in [-0.25, -0.2) is 4.98 Å². The van der Waals surface area contributed by atoms with E-state index < -0.39 is 0 Å². The Labute approximate surface area is 104 Å². The van der Waals surface area contributed by atoms with Crippen molar-refractivity contribution < 1.29 is 9.47 Å². The van der Waals surface area contributed by atoms with Crippen LogP contribution in [0.15, 0.2) is 30.6 Å². The van der Waals surface area contributed by atoms with Gasteiger partial charge in [-0.05, 0) is 24.3 Å². The van der Waals surface area contributed by atoms with E-state index in [-0.39, 0.29) is 17.4 Å². The largest absolute Gasteiger partial charge is 0.489 e. The number of nitrogens with two attached hydrogens (primary N) is 1. The van der Waals surface area contributed by atoms with Gasteiger partial charge in [0.05, 0.1) is 18.7 Å². The van der Waals surface area contributed by atoms with Gasteiger partial charge in [0, 0.05) is 0 Å². The van der Waals surface area contributed by atoms with Gasteiger partial charge < -0.3 is 15.2 Å². The SMILES string of the molecule is COc1c(N)ncnc1Oc1ccc(C#N)cc1. The van der Waals surface area contributed by atoms with Crippen LogP contribution < -0.4 is 15.2 Å². The lowest BCUT2D eigenvalue weighted by Gasteiger charge is -2.09. The first-order chi connectivity index (χ1) is 8.74. The normalized spacial score (nSPS) is 9.56. The number of aromatic nitrogens is 2. The molecule has 0 amide bonds. The number of nitrogen functional groups attached to an aromatic ring is 1. The van der Waals surface area contributed by atoms with E-state index >= 15 is 0 Å². The molecule has 2 N–H and O–H groups in total. The second-order valence-corrected chi connectivity index (χ2v) is 3.34. The molecule has 1 heterocycles. The Morgan fingerprint density at radius 1 is 1.22 bits per heavy atom. The van der Waals surface area contributed by atoms with E-state index in [4.69, 9.17) is 20.5 Å². The maximum absolute atomic E-state index is 8.69. The molecule has 0 atom stereocenters. The topological polar surface area (TPSA) is 94.1 Å². The van der Waals surface area contributed by atoms with E-state index in [0.29, 0.717) is 11.3 Å². The average Bonchev–Trinajstić information content (AvgIpc) is 2.40. The monoisotopic (exact) mass is 242 g/mol. The third kappa shape index (κ3) is 2.30. The molecule has 0 spiro atoms. The summed E-state index contributed by atoms with van der Waals surface area (Å²) in [6.45, 7) is 0. The number of rotatable bonds is 3. The van der Waals surface area contributed by atoms with Crippen LogP contribution >= 0.6 is 0 Å². The van der Waals surface area contributed by atoms with Crippen molar-refractivity contribution in [2.24, 2.45) is 0 Å². The maximum Gasteiger partial charge on any atom is 0.268 e. The summed E-state index contributed by atoms with van der Waals surface area (Å²) < 4.78 is 10.6. The Kier molecular flexibility index (Phi) is 3.25. The van der Waals surface area contributed by atoms with E-state index in [1.54, 1.807) is 24.3 Å². The van der Waals surface area contributed by atoms with Crippen molar-refractivity contribution in [1.29, 1.82) is 5.26 Å². The molecule has 2 aromatic rings. The molecule has 0 radical (unpaired) electrons. The van der Waals surface area contributed by atoms with Crippen LogP contribution in [0.4, 0.5) is 5.82 Å². The van der Waals surface area contributed by atoms with Crippen molar-refractivity contribution in [3.63, 3.8) is 0 Å². The molecule has 0 bridgehead atoms. The molecular formula is C12H10N4O2. The number of hydrogen-bond donors (Lipinski definition) is 1. The van der Waals surface area contributed by atoms with Gasteiger partial charge in [-0.3, -0.25) is 0 Å². The summed E-state index contributed by atoms with van der Waals surface area (Å²) in [5.74, 6) is 1.25. The van der Waals surface area contributed by atoms with Crippen LogP contribution in [0.5, 0.6) is 17.4 Å². The van der Waals surface area contributed by atoms with Crippen LogP contribution in [0.25, 0.3) is 0 Å². The summed E-state index contributed by atoms with van der Waals surface area (Å²) in [5.41, 5.74) is 6.18. The molecule has 0 aliphatic rings. The van der Waals surface area contributed by atoms with Gasteiger partial charge in [-0.2, -0.15) is 10.2 Å². The standard InChI is InChI=1S/C12H10N4O2/c1-17-10-11(14)15-7-16-12(10)18-9-4-2-8(6-13)3-5-9/h2-5,7H,1H3,(H2,14,15,16). The highest BCUT2D eigenvalue weighted by Gasteiger charge is 2.11. The minimum atomic E-state index is 0.205. The number of hydrogen-bond acceptors (Lipinski definition) is 6. The van der Waals surface area contributed by atoms with Gasteiger partial charge in [0.25, 0.3) is 5.88 Å². The molecule has 0 unspecified atom stereocenters. The van der Waals surface area contributed by atoms with Gasteiger partial charge in [-0.1, -0.05) is 0 Å². The molecule has 0 aliphatic carbocycles. The molecule has 2 rings (SSSR count). The lowest BCUT2D eigenvalue weighted by Crippen LogP contribution is -2.00. The van der Waals surface area contributed by atoms with Gasteiger partial charge in [-0.15, -0.1) is 0 Å². The summed E-state index contributed by atoms with van der Waals surface area (Å²) in [6, 6.07) is 8.64. The molecule has 0 saturated carbocycles. The first-order valence-corrected chi connectivity index (χ1v) is 5.07. The number of anilines is 1. The molecule has 0 fully saturated rings. The van der Waals surface area contributed by atoms with Crippen molar-refractivity contribution >= 4 is 5.82 Å². The van der Waals surface area contributed by atoms with Crippen LogP contribution in [-0.2, 0) is 0 Å². The summed E-state index contributed by atoms with van der Waals surface area (Å²) in [6.07, 6.45) is 1.29. The molecule has 6 nitrogen and oxygen atoms in total. The van der Waals surface area contributed by atoms with E-state index in [0.717, 1.165) is 0 Å². The zero-order valence-corrected chi connectivity index (χ0v) is 9.62. The molecule has 90 valence electrons. The highest BCUT2D eigenvalue weighted by molar-refractivity contribution is 5.52. The molecular weight excluding hydrogens is 232 g/mol. The lowest BCUT2D eigenvalue weighted by molar-refractivity contribution is 0.369. The van der Waals surface area contributed by atoms with Gasteiger partial charge in [0.1, 0.15) is 12.1 Å². The molecule has 0 saturated heterocycles. The zero-order chi connectivity index (χ0) is 13.0. The van der Waals surface area contributed by atoms with E-state index in [1.165, 1.54) is 13.4 Å². The van der Waals surface area contributed by atoms with Gasteiger partial charge in [0.2, 0.25) is 5.75 Å². The fourth-order valence-electron chi connectivity index (χ4n) is 1.34. The molecule has 1 aromatic heterocycles. The van der Waals surface area contributed by atoms with Crippen LogP contribution in [0.2, 0.25) is 0 Å². The number of methoxy groups -OCH3 is 1. The second-order valence-electron chi connectivity index (χ2n) is 3.34. The van der Waals surface area contributed by atoms with Crippen molar-refractivity contribution in [3.8, 4) is 23.4 Å². The predicted octanol–water partition coefficient (Wildman–Crippen LogP) is 1.73. The van der Waals surface area contributed by atoms with Gasteiger partial charge >= 0.3 is 0 Å². The third-order valence-corrected chi connectivity index (χ3v) is 2.20. The van der Waals surface area contributed by atoms with Gasteiger partial charge in [0.15, 0.2) is 5.82 Å². The number of nitrogens with zero attached hydrogens (tertiary/aromatic N) is 3. The van der Waals surface area contributed by atoms with E-state index in [9.17, 15) is 0 Å².